The number of nitrogens with one attached hydrogen (secondary N) is 1. The smallest absolute Gasteiger partial charge is 0.312 e. The Morgan fingerprint density at radius 2 is 2.29 bits per heavy atom. The summed E-state index contributed by atoms with van der Waals surface area (Å²) in [4.78, 5) is 24.4. The normalized spacial score (nSPS) is 22.0. The van der Waals surface area contributed by atoms with Crippen molar-refractivity contribution >= 4 is 27.9 Å². The summed E-state index contributed by atoms with van der Waals surface area (Å²) in [6.07, 6.45) is 2.81. The Bertz CT molecular complexity index is 286. The van der Waals surface area contributed by atoms with Crippen molar-refractivity contribution in [2.24, 2.45) is 11.7 Å². The average Bonchev–Trinajstić information content (AvgIpc) is 2.34. The summed E-state index contributed by atoms with van der Waals surface area (Å²) in [5.74, 6) is 0.466. The third-order valence-corrected chi connectivity index (χ3v) is 4.06. The molecule has 1 aliphatic heterocycles. The summed E-state index contributed by atoms with van der Waals surface area (Å²) in [6.45, 7) is 4.06. The molecular weight excluding hydrogens is 286 g/mol. The van der Waals surface area contributed by atoms with Crippen LogP contribution in [0.5, 0.6) is 0 Å². The molecule has 0 bridgehead atoms. The fraction of sp³-hybridized carbons (Fsp3) is 0.818. The van der Waals surface area contributed by atoms with E-state index in [0.29, 0.717) is 19.0 Å². The molecule has 0 aromatic carbocycles. The van der Waals surface area contributed by atoms with Crippen LogP contribution in [0, 0.1) is 5.92 Å². The van der Waals surface area contributed by atoms with Gasteiger partial charge in [0.2, 0.25) is 5.91 Å². The molecule has 0 aromatic rings. The topological polar surface area (TPSA) is 75.4 Å². The fourth-order valence-corrected chi connectivity index (χ4v) is 2.34. The van der Waals surface area contributed by atoms with Gasteiger partial charge in [0, 0.05) is 19.6 Å². The predicted octanol–water partition coefficient (Wildman–Crippen LogP) is 1.07. The zero-order chi connectivity index (χ0) is 12.8. The van der Waals surface area contributed by atoms with E-state index in [1.807, 2.05) is 11.8 Å². The maximum atomic E-state index is 12.0. The molecule has 1 saturated heterocycles. The first-order valence-electron chi connectivity index (χ1n) is 6.00. The Labute approximate surface area is 110 Å². The Morgan fingerprint density at radius 3 is 2.88 bits per heavy atom. The van der Waals surface area contributed by atoms with Crippen molar-refractivity contribution in [2.45, 2.75) is 31.0 Å². The highest BCUT2D eigenvalue weighted by Crippen LogP contribution is 2.19. The third-order valence-electron chi connectivity index (χ3n) is 3.02. The van der Waals surface area contributed by atoms with Crippen LogP contribution in [-0.2, 0) is 4.79 Å². The molecule has 0 saturated carbocycles. The van der Waals surface area contributed by atoms with Crippen LogP contribution in [-0.4, -0.2) is 41.3 Å². The van der Waals surface area contributed by atoms with Crippen LogP contribution in [0.4, 0.5) is 4.79 Å². The van der Waals surface area contributed by atoms with Crippen molar-refractivity contribution in [3.63, 3.8) is 0 Å². The highest BCUT2D eigenvalue weighted by Gasteiger charge is 2.26. The van der Waals surface area contributed by atoms with Gasteiger partial charge in [-0.2, -0.15) is 0 Å². The van der Waals surface area contributed by atoms with Gasteiger partial charge < -0.3 is 16.0 Å². The number of hydrogen-bond donors (Lipinski definition) is 2. The fourth-order valence-electron chi connectivity index (χ4n) is 2.05. The highest BCUT2D eigenvalue weighted by molar-refractivity contribution is 9.10. The minimum Gasteiger partial charge on any atom is -0.352 e. The molecule has 5 nitrogen and oxygen atoms in total. The first-order valence-corrected chi connectivity index (χ1v) is 6.92. The lowest BCUT2D eigenvalue weighted by molar-refractivity contribution is -0.132. The van der Waals surface area contributed by atoms with Gasteiger partial charge in [-0.05, 0) is 25.2 Å². The molecule has 0 aliphatic carbocycles. The second kappa shape index (κ2) is 6.83. The van der Waals surface area contributed by atoms with E-state index in [1.165, 1.54) is 0 Å². The molecule has 3 N–H and O–H groups in total. The van der Waals surface area contributed by atoms with Gasteiger partial charge in [-0.25, -0.2) is 4.79 Å². The van der Waals surface area contributed by atoms with Gasteiger partial charge in [0.25, 0.3) is 0 Å². The minimum atomic E-state index is -0.500. The summed E-state index contributed by atoms with van der Waals surface area (Å²) in [5.41, 5.74) is 5.04. The Kier molecular flexibility index (Phi) is 5.74. The average molecular weight is 306 g/mol. The van der Waals surface area contributed by atoms with Gasteiger partial charge in [-0.1, -0.05) is 22.9 Å². The molecule has 98 valence electrons. The third kappa shape index (κ3) is 4.53. The number of hydrogen-bond acceptors (Lipinski definition) is 2. The summed E-state index contributed by atoms with van der Waals surface area (Å²) in [6, 6.07) is -0.500. The van der Waals surface area contributed by atoms with Gasteiger partial charge in [0.15, 0.2) is 0 Å². The van der Waals surface area contributed by atoms with Crippen molar-refractivity contribution in [3.8, 4) is 0 Å². The van der Waals surface area contributed by atoms with Crippen LogP contribution >= 0.6 is 15.9 Å². The molecule has 0 spiro atoms. The maximum Gasteiger partial charge on any atom is 0.312 e. The number of carbonyl (C=O) groups is 2. The number of piperidine rings is 1. The number of nitrogens with two attached hydrogens (primary N) is 1. The number of nitrogens with zero attached hydrogens (tertiary/aromatic N) is 1. The number of primary amides is 1. The van der Waals surface area contributed by atoms with E-state index >= 15 is 0 Å². The predicted molar refractivity (Wildman–Crippen MR) is 69.9 cm³/mol. The lowest BCUT2D eigenvalue weighted by Crippen LogP contribution is -2.46. The van der Waals surface area contributed by atoms with Crippen molar-refractivity contribution in [1.82, 2.24) is 10.2 Å². The molecule has 0 radical (unpaired) electrons. The monoisotopic (exact) mass is 305 g/mol. The number of carbonyl (C=O) groups excluding carboxylic acids is 2. The largest absolute Gasteiger partial charge is 0.352 e. The van der Waals surface area contributed by atoms with Crippen molar-refractivity contribution in [1.29, 1.82) is 0 Å². The SMILES string of the molecule is CCC(Br)C(=O)N1CCCC(CNC(N)=O)C1. The molecule has 2 atom stereocenters. The number of urea groups is 1. The second-order valence-corrected chi connectivity index (χ2v) is 5.52. The van der Waals surface area contributed by atoms with E-state index in [0.717, 1.165) is 25.8 Å². The maximum absolute atomic E-state index is 12.0. The number of rotatable bonds is 4. The molecule has 2 unspecified atom stereocenters. The van der Waals surface area contributed by atoms with Crippen LogP contribution in [0.2, 0.25) is 0 Å². The molecule has 1 aliphatic rings. The van der Waals surface area contributed by atoms with Crippen LogP contribution < -0.4 is 11.1 Å². The molecule has 17 heavy (non-hydrogen) atoms. The van der Waals surface area contributed by atoms with E-state index in [1.54, 1.807) is 0 Å². The highest BCUT2D eigenvalue weighted by atomic mass is 79.9. The van der Waals surface area contributed by atoms with Crippen LogP contribution in [0.15, 0.2) is 0 Å². The Hall–Kier alpha value is -0.780. The van der Waals surface area contributed by atoms with E-state index in [2.05, 4.69) is 21.2 Å². The Morgan fingerprint density at radius 1 is 1.59 bits per heavy atom. The Balaban J connectivity index is 2.43. The molecule has 1 rings (SSSR count). The molecule has 3 amide bonds. The summed E-state index contributed by atoms with van der Waals surface area (Å²) < 4.78 is 0. The van der Waals surface area contributed by atoms with Crippen molar-refractivity contribution in [2.75, 3.05) is 19.6 Å². The van der Waals surface area contributed by atoms with E-state index in [-0.39, 0.29) is 10.7 Å². The van der Waals surface area contributed by atoms with Gasteiger partial charge in [-0.15, -0.1) is 0 Å². The first kappa shape index (κ1) is 14.3. The zero-order valence-corrected chi connectivity index (χ0v) is 11.7. The molecule has 1 fully saturated rings. The number of halogens is 1. The van der Waals surface area contributed by atoms with Crippen molar-refractivity contribution < 1.29 is 9.59 Å². The van der Waals surface area contributed by atoms with E-state index in [9.17, 15) is 9.59 Å². The molecule has 1 heterocycles. The van der Waals surface area contributed by atoms with Gasteiger partial charge >= 0.3 is 6.03 Å². The van der Waals surface area contributed by atoms with Gasteiger partial charge in [0.05, 0.1) is 4.83 Å². The molecule has 0 aromatic heterocycles. The van der Waals surface area contributed by atoms with Crippen LogP contribution in [0.25, 0.3) is 0 Å². The van der Waals surface area contributed by atoms with Crippen LogP contribution in [0.3, 0.4) is 0 Å². The summed E-state index contributed by atoms with van der Waals surface area (Å²) >= 11 is 3.38. The summed E-state index contributed by atoms with van der Waals surface area (Å²) in [7, 11) is 0. The quantitative estimate of drug-likeness (QED) is 0.762. The van der Waals surface area contributed by atoms with Gasteiger partial charge in [-0.3, -0.25) is 4.79 Å². The van der Waals surface area contributed by atoms with Crippen LogP contribution in [0.1, 0.15) is 26.2 Å². The van der Waals surface area contributed by atoms with Crippen molar-refractivity contribution in [3.05, 3.63) is 0 Å². The number of amides is 3. The zero-order valence-electron chi connectivity index (χ0n) is 10.1. The van der Waals surface area contributed by atoms with Gasteiger partial charge in [0.1, 0.15) is 0 Å². The minimum absolute atomic E-state index is 0.0923. The van der Waals surface area contributed by atoms with E-state index in [4.69, 9.17) is 5.73 Å². The lowest BCUT2D eigenvalue weighted by Gasteiger charge is -2.33. The lowest BCUT2D eigenvalue weighted by atomic mass is 9.97. The summed E-state index contributed by atoms with van der Waals surface area (Å²) in [5, 5.41) is 2.61. The molecular formula is C11H20BrN3O2. The number of likely N-dealkylation sites (tertiary alicyclic amines) is 1. The second-order valence-electron chi connectivity index (χ2n) is 4.41. The standard InChI is InChI=1S/C11H20BrN3O2/c1-2-9(12)10(16)15-5-3-4-8(7-15)6-14-11(13)17/h8-9H,2-7H2,1H3,(H3,13,14,17). The first-order chi connectivity index (χ1) is 8.04. The van der Waals surface area contributed by atoms with E-state index < -0.39 is 6.03 Å². The molecule has 6 heteroatoms. The number of alkyl halides is 1.